The molecule has 110 valence electrons. The van der Waals surface area contributed by atoms with Crippen LogP contribution in [0.5, 0.6) is 0 Å². The van der Waals surface area contributed by atoms with Crippen molar-refractivity contribution in [3.8, 4) is 0 Å². The van der Waals surface area contributed by atoms with Crippen LogP contribution in [0.4, 0.5) is 4.79 Å². The van der Waals surface area contributed by atoms with E-state index < -0.39 is 6.17 Å². The van der Waals surface area contributed by atoms with Crippen LogP contribution in [-0.4, -0.2) is 29.5 Å². The Bertz CT molecular complexity index is 427. The molecule has 5 aliphatic rings. The Labute approximate surface area is 119 Å². The van der Waals surface area contributed by atoms with Crippen LogP contribution in [0, 0.1) is 23.2 Å². The van der Waals surface area contributed by atoms with Crippen LogP contribution in [0.15, 0.2) is 0 Å². The zero-order valence-corrected chi connectivity index (χ0v) is 11.8. The van der Waals surface area contributed by atoms with Crippen molar-refractivity contribution in [3.05, 3.63) is 0 Å². The lowest BCUT2D eigenvalue weighted by Gasteiger charge is -2.58. The van der Waals surface area contributed by atoms with Crippen molar-refractivity contribution in [2.75, 3.05) is 6.54 Å². The molecule has 1 unspecified atom stereocenters. The lowest BCUT2D eigenvalue weighted by Crippen LogP contribution is -2.62. The maximum atomic E-state index is 12.1. The van der Waals surface area contributed by atoms with E-state index in [0.717, 1.165) is 24.3 Å². The SMILES string of the molecule is NC1CC(=O)NC(=O)N1CC12CC3CC(CC(C3)C1)C2. The molecule has 3 N–H and O–H groups in total. The van der Waals surface area contributed by atoms with E-state index in [-0.39, 0.29) is 23.8 Å². The van der Waals surface area contributed by atoms with Gasteiger partial charge in [-0.2, -0.15) is 0 Å². The summed E-state index contributed by atoms with van der Waals surface area (Å²) < 4.78 is 0. The highest BCUT2D eigenvalue weighted by Crippen LogP contribution is 2.60. The highest BCUT2D eigenvalue weighted by Gasteiger charge is 2.52. The summed E-state index contributed by atoms with van der Waals surface area (Å²) in [5, 5.41) is 2.41. The average molecular weight is 277 g/mol. The van der Waals surface area contributed by atoms with E-state index >= 15 is 0 Å². The quantitative estimate of drug-likeness (QED) is 0.801. The standard InChI is InChI=1S/C15H23N3O2/c16-12-4-13(19)17-14(20)18(12)8-15-5-9-1-10(6-15)3-11(2-9)7-15/h9-12H,1-8,16H2,(H,17,19,20). The van der Waals surface area contributed by atoms with Crippen molar-refractivity contribution in [1.29, 1.82) is 0 Å². The molecule has 5 heteroatoms. The molecule has 0 aromatic rings. The summed E-state index contributed by atoms with van der Waals surface area (Å²) in [6, 6.07) is -0.288. The number of amides is 3. The lowest BCUT2D eigenvalue weighted by molar-refractivity contribution is -0.124. The second kappa shape index (κ2) is 4.20. The van der Waals surface area contributed by atoms with Crippen LogP contribution >= 0.6 is 0 Å². The Hall–Kier alpha value is -1.10. The summed E-state index contributed by atoms with van der Waals surface area (Å²) >= 11 is 0. The first-order valence-corrected chi connectivity index (χ1v) is 7.89. The summed E-state index contributed by atoms with van der Waals surface area (Å²) in [7, 11) is 0. The fourth-order valence-corrected chi connectivity index (χ4v) is 5.73. The number of hydrogen-bond donors (Lipinski definition) is 2. The maximum Gasteiger partial charge on any atom is 0.325 e. The first kappa shape index (κ1) is 12.6. The molecule has 20 heavy (non-hydrogen) atoms. The molecule has 0 aromatic carbocycles. The van der Waals surface area contributed by atoms with Gasteiger partial charge in [0.1, 0.15) is 0 Å². The van der Waals surface area contributed by atoms with Crippen LogP contribution in [0.2, 0.25) is 0 Å². The van der Waals surface area contributed by atoms with Gasteiger partial charge < -0.3 is 10.6 Å². The van der Waals surface area contributed by atoms with Crippen LogP contribution in [0.3, 0.4) is 0 Å². The Kier molecular flexibility index (Phi) is 2.65. The molecule has 5 fully saturated rings. The number of urea groups is 1. The van der Waals surface area contributed by atoms with Crippen molar-refractivity contribution < 1.29 is 9.59 Å². The van der Waals surface area contributed by atoms with Crippen LogP contribution in [0.25, 0.3) is 0 Å². The minimum Gasteiger partial charge on any atom is -0.311 e. The molecule has 1 atom stereocenters. The van der Waals surface area contributed by atoms with Crippen LogP contribution in [-0.2, 0) is 4.79 Å². The van der Waals surface area contributed by atoms with Gasteiger partial charge in [0.2, 0.25) is 5.91 Å². The van der Waals surface area contributed by atoms with Crippen molar-refractivity contribution in [2.24, 2.45) is 28.9 Å². The molecule has 3 amide bonds. The van der Waals surface area contributed by atoms with E-state index in [4.69, 9.17) is 5.73 Å². The molecular formula is C15H23N3O2. The van der Waals surface area contributed by atoms with Crippen molar-refractivity contribution in [2.45, 2.75) is 51.1 Å². The molecule has 1 saturated heterocycles. The molecule has 5 nitrogen and oxygen atoms in total. The van der Waals surface area contributed by atoms with E-state index in [2.05, 4.69) is 5.32 Å². The van der Waals surface area contributed by atoms with Gasteiger partial charge in [0.05, 0.1) is 12.6 Å². The smallest absolute Gasteiger partial charge is 0.311 e. The number of rotatable bonds is 2. The molecule has 4 saturated carbocycles. The summed E-state index contributed by atoms with van der Waals surface area (Å²) in [6.07, 6.45) is 7.75. The zero-order chi connectivity index (χ0) is 13.9. The van der Waals surface area contributed by atoms with E-state index in [0.29, 0.717) is 0 Å². The highest BCUT2D eigenvalue weighted by atomic mass is 16.2. The lowest BCUT2D eigenvalue weighted by atomic mass is 9.49. The summed E-state index contributed by atoms with van der Waals surface area (Å²) in [5.74, 6) is 2.36. The minimum atomic E-state index is -0.441. The number of imide groups is 1. The van der Waals surface area contributed by atoms with E-state index in [1.165, 1.54) is 38.5 Å². The number of carbonyl (C=O) groups is 2. The third kappa shape index (κ3) is 1.94. The molecule has 0 radical (unpaired) electrons. The predicted octanol–water partition coefficient (Wildman–Crippen LogP) is 1.43. The number of nitrogens with two attached hydrogens (primary N) is 1. The predicted molar refractivity (Wildman–Crippen MR) is 73.4 cm³/mol. The summed E-state index contributed by atoms with van der Waals surface area (Å²) in [5.41, 5.74) is 6.32. The van der Waals surface area contributed by atoms with Gasteiger partial charge in [-0.05, 0) is 61.7 Å². The van der Waals surface area contributed by atoms with Gasteiger partial charge in [-0.25, -0.2) is 4.79 Å². The first-order chi connectivity index (χ1) is 9.53. The first-order valence-electron chi connectivity index (χ1n) is 7.89. The fourth-order valence-electron chi connectivity index (χ4n) is 5.73. The monoisotopic (exact) mass is 277 g/mol. The molecule has 0 aromatic heterocycles. The van der Waals surface area contributed by atoms with Gasteiger partial charge in [0.15, 0.2) is 0 Å². The van der Waals surface area contributed by atoms with E-state index in [1.54, 1.807) is 4.90 Å². The Morgan fingerprint density at radius 2 is 1.65 bits per heavy atom. The van der Waals surface area contributed by atoms with Gasteiger partial charge >= 0.3 is 6.03 Å². The third-order valence-electron chi connectivity index (χ3n) is 5.97. The van der Waals surface area contributed by atoms with Gasteiger partial charge in [0, 0.05) is 6.54 Å². The number of nitrogens with one attached hydrogen (secondary N) is 1. The minimum absolute atomic E-state index is 0.234. The third-order valence-corrected chi connectivity index (χ3v) is 5.97. The largest absolute Gasteiger partial charge is 0.325 e. The van der Waals surface area contributed by atoms with Crippen molar-refractivity contribution in [1.82, 2.24) is 10.2 Å². The zero-order valence-electron chi connectivity index (χ0n) is 11.8. The Morgan fingerprint density at radius 1 is 1.10 bits per heavy atom. The van der Waals surface area contributed by atoms with Gasteiger partial charge in [-0.15, -0.1) is 0 Å². The molecule has 4 aliphatic carbocycles. The van der Waals surface area contributed by atoms with E-state index in [1.807, 2.05) is 0 Å². The van der Waals surface area contributed by atoms with Gasteiger partial charge in [-0.1, -0.05) is 0 Å². The highest BCUT2D eigenvalue weighted by molar-refractivity contribution is 5.97. The molecular weight excluding hydrogens is 254 g/mol. The average Bonchev–Trinajstić information content (AvgIpc) is 2.32. The van der Waals surface area contributed by atoms with Gasteiger partial charge in [0.25, 0.3) is 0 Å². The Balaban J connectivity index is 1.53. The second-order valence-electron chi connectivity index (χ2n) is 7.67. The topological polar surface area (TPSA) is 75.4 Å². The normalized spacial score (nSPS) is 46.8. The number of hydrogen-bond acceptors (Lipinski definition) is 3. The van der Waals surface area contributed by atoms with Crippen LogP contribution in [0.1, 0.15) is 44.9 Å². The molecule has 0 spiro atoms. The molecule has 1 heterocycles. The van der Waals surface area contributed by atoms with E-state index in [9.17, 15) is 9.59 Å². The maximum absolute atomic E-state index is 12.1. The van der Waals surface area contributed by atoms with Crippen molar-refractivity contribution in [3.63, 3.8) is 0 Å². The summed E-state index contributed by atoms with van der Waals surface area (Å²) in [4.78, 5) is 25.1. The fraction of sp³-hybridized carbons (Fsp3) is 0.867. The van der Waals surface area contributed by atoms with Crippen LogP contribution < -0.4 is 11.1 Å². The van der Waals surface area contributed by atoms with Crippen molar-refractivity contribution >= 4 is 11.9 Å². The molecule has 4 bridgehead atoms. The Morgan fingerprint density at radius 3 is 2.15 bits per heavy atom. The second-order valence-corrected chi connectivity index (χ2v) is 7.67. The summed E-state index contributed by atoms with van der Waals surface area (Å²) in [6.45, 7) is 0.747. The number of carbonyl (C=O) groups excluding carboxylic acids is 2. The number of nitrogens with zero attached hydrogens (tertiary/aromatic N) is 1. The molecule has 5 rings (SSSR count). The molecule has 1 aliphatic heterocycles. The van der Waals surface area contributed by atoms with Gasteiger partial charge in [-0.3, -0.25) is 10.1 Å².